The summed E-state index contributed by atoms with van der Waals surface area (Å²) in [6.07, 6.45) is 0. The molecule has 2 aromatic carbocycles. The van der Waals surface area contributed by atoms with Gasteiger partial charge < -0.3 is 0 Å². The molecule has 2 unspecified atom stereocenters. The maximum atomic E-state index is 2.41. The van der Waals surface area contributed by atoms with E-state index in [1.165, 1.54) is 8.94 Å². The Hall–Kier alpha value is 0.0192. The van der Waals surface area contributed by atoms with Crippen molar-refractivity contribution in [2.24, 2.45) is 0 Å². The van der Waals surface area contributed by atoms with Crippen molar-refractivity contribution in [3.63, 3.8) is 0 Å². The van der Waals surface area contributed by atoms with Crippen LogP contribution in [0.5, 0.6) is 0 Å². The normalized spacial score (nSPS) is 24.9. The molecule has 0 bridgehead atoms. The van der Waals surface area contributed by atoms with Gasteiger partial charge in [0, 0.05) is 0 Å². The van der Waals surface area contributed by atoms with E-state index < -0.39 is 0 Å². The summed E-state index contributed by atoms with van der Waals surface area (Å²) in [6.45, 7) is 0. The van der Waals surface area contributed by atoms with Gasteiger partial charge in [0.2, 0.25) is 0 Å². The molecule has 2 heterocycles. The van der Waals surface area contributed by atoms with E-state index in [2.05, 4.69) is 48.5 Å². The van der Waals surface area contributed by atoms with Crippen molar-refractivity contribution < 1.29 is 0 Å². The summed E-state index contributed by atoms with van der Waals surface area (Å²) in [7, 11) is 0. The van der Waals surface area contributed by atoms with Crippen LogP contribution in [0.4, 0.5) is 0 Å². The summed E-state index contributed by atoms with van der Waals surface area (Å²) in [5.74, 6) is 0. The average molecular weight is 461 g/mol. The minimum atomic E-state index is 0.151. The van der Waals surface area contributed by atoms with Crippen LogP contribution in [0, 0.1) is 0 Å². The first kappa shape index (κ1) is 11.8. The molecule has 0 saturated carbocycles. The topological polar surface area (TPSA) is 0 Å². The number of hydrogen-bond acceptors (Lipinski definition) is 0. The molecule has 0 amide bonds. The van der Waals surface area contributed by atoms with Crippen molar-refractivity contribution in [1.29, 1.82) is 0 Å². The van der Waals surface area contributed by atoms with Gasteiger partial charge in [-0.05, 0) is 0 Å². The van der Waals surface area contributed by atoms with E-state index in [0.717, 1.165) is 7.93 Å². The first-order valence-electron chi connectivity index (χ1n) is 6.32. The fourth-order valence-electron chi connectivity index (χ4n) is 2.93. The van der Waals surface area contributed by atoms with E-state index in [1.54, 1.807) is 22.3 Å². The Balaban J connectivity index is 1.75. The van der Waals surface area contributed by atoms with Crippen molar-refractivity contribution >= 4 is 41.8 Å². The molecule has 2 aromatic rings. The third kappa shape index (κ3) is 1.86. The molecule has 0 aliphatic carbocycles. The van der Waals surface area contributed by atoms with Crippen LogP contribution < -0.4 is 0 Å². The maximum absolute atomic E-state index is 2.41. The Bertz CT molecular complexity index is 538. The number of hydrogen-bond donors (Lipinski definition) is 0. The molecule has 0 spiro atoms. The number of rotatable bonds is 1. The Labute approximate surface area is 128 Å². The zero-order chi connectivity index (χ0) is 11.9. The van der Waals surface area contributed by atoms with E-state index in [9.17, 15) is 0 Å². The summed E-state index contributed by atoms with van der Waals surface area (Å²) >= 11 is 0.302. The predicted molar refractivity (Wildman–Crippen MR) is 77.3 cm³/mol. The molecule has 0 aromatic heterocycles. The molecule has 0 N–H and O–H groups in total. The van der Waals surface area contributed by atoms with Gasteiger partial charge in [0.1, 0.15) is 0 Å². The van der Waals surface area contributed by atoms with Crippen LogP contribution >= 0.6 is 0 Å². The molecule has 0 saturated heterocycles. The Morgan fingerprint density at radius 1 is 0.667 bits per heavy atom. The van der Waals surface area contributed by atoms with Crippen LogP contribution in [0.25, 0.3) is 0 Å². The molecule has 4 rings (SSSR count). The predicted octanol–water partition coefficient (Wildman–Crippen LogP) is 2.90. The molecule has 0 fully saturated rings. The van der Waals surface area contributed by atoms with Crippen molar-refractivity contribution in [2.45, 2.75) is 16.9 Å². The Morgan fingerprint density at radius 3 is 1.61 bits per heavy atom. The van der Waals surface area contributed by atoms with Crippen molar-refractivity contribution in [3.05, 3.63) is 70.8 Å². The van der Waals surface area contributed by atoms with Gasteiger partial charge in [-0.1, -0.05) is 0 Å². The van der Waals surface area contributed by atoms with Crippen molar-refractivity contribution in [3.8, 4) is 0 Å². The zero-order valence-electron chi connectivity index (χ0n) is 10.0. The summed E-state index contributed by atoms with van der Waals surface area (Å²) < 4.78 is 4.77. The molecule has 2 aliphatic rings. The molecule has 0 nitrogen and oxygen atoms in total. The molecular weight excluding hydrogens is 447 g/mol. The first-order valence-corrected chi connectivity index (χ1v) is 12.3. The summed E-state index contributed by atoms with van der Waals surface area (Å²) in [4.78, 5) is 0. The monoisotopic (exact) mass is 466 g/mol. The fourth-order valence-corrected chi connectivity index (χ4v) is 13.7. The zero-order valence-corrected chi connectivity index (χ0v) is 14.7. The fraction of sp³-hybridized carbons (Fsp3) is 0.250. The third-order valence-corrected chi connectivity index (χ3v) is 13.3. The van der Waals surface area contributed by atoms with Crippen LogP contribution in [-0.2, 0) is 8.94 Å². The second-order valence-corrected chi connectivity index (χ2v) is 11.3. The van der Waals surface area contributed by atoms with Crippen LogP contribution in [0.15, 0.2) is 48.5 Å². The van der Waals surface area contributed by atoms with Crippen LogP contribution in [0.1, 0.15) is 30.2 Å². The third-order valence-electron chi connectivity index (χ3n) is 3.83. The van der Waals surface area contributed by atoms with Crippen LogP contribution in [0.2, 0.25) is 0 Å². The Kier molecular flexibility index (Phi) is 3.18. The van der Waals surface area contributed by atoms with E-state index >= 15 is 0 Å². The molecule has 90 valence electrons. The minimum absolute atomic E-state index is 0.151. The molecule has 2 heteroatoms. The van der Waals surface area contributed by atoms with Gasteiger partial charge in [0.25, 0.3) is 0 Å². The van der Waals surface area contributed by atoms with Gasteiger partial charge in [-0.25, -0.2) is 0 Å². The summed E-state index contributed by atoms with van der Waals surface area (Å²) in [5.41, 5.74) is 6.77. The van der Waals surface area contributed by atoms with E-state index in [4.69, 9.17) is 0 Å². The molecular formula is C16H14Te2. The standard InChI is InChI=1S/C16H14Te2/c1-3-7-13-11(5-1)9-17-15(13)16-14-8-4-2-6-12(14)10-18-16/h1-8,15-16H,9-10H2. The van der Waals surface area contributed by atoms with Crippen molar-refractivity contribution in [2.75, 3.05) is 0 Å². The number of benzene rings is 2. The molecule has 2 aliphatic heterocycles. The average Bonchev–Trinajstić information content (AvgIpc) is 3.01. The first-order chi connectivity index (χ1) is 8.93. The second-order valence-electron chi connectivity index (χ2n) is 4.86. The van der Waals surface area contributed by atoms with E-state index in [-0.39, 0.29) is 41.8 Å². The molecule has 18 heavy (non-hydrogen) atoms. The SMILES string of the molecule is c1ccc2c(c1)C[Te]C2C1[Te]Cc2ccccc21. The molecule has 2 atom stereocenters. The number of fused-ring (bicyclic) bond motifs is 2. The van der Waals surface area contributed by atoms with Gasteiger partial charge in [0.15, 0.2) is 0 Å². The van der Waals surface area contributed by atoms with Gasteiger partial charge in [-0.15, -0.1) is 0 Å². The quantitative estimate of drug-likeness (QED) is 0.573. The van der Waals surface area contributed by atoms with Gasteiger partial charge in [-0.3, -0.25) is 0 Å². The second kappa shape index (κ2) is 4.85. The van der Waals surface area contributed by atoms with Crippen molar-refractivity contribution in [1.82, 2.24) is 0 Å². The van der Waals surface area contributed by atoms with Gasteiger partial charge in [0.05, 0.1) is 0 Å². The van der Waals surface area contributed by atoms with Crippen LogP contribution in [-0.4, -0.2) is 41.8 Å². The van der Waals surface area contributed by atoms with Crippen LogP contribution in [0.3, 0.4) is 0 Å². The van der Waals surface area contributed by atoms with E-state index in [0.29, 0.717) is 0 Å². The molecule has 0 radical (unpaired) electrons. The van der Waals surface area contributed by atoms with Gasteiger partial charge in [-0.2, -0.15) is 0 Å². The summed E-state index contributed by atoms with van der Waals surface area (Å²) in [6, 6.07) is 18.5. The Morgan fingerprint density at radius 2 is 1.11 bits per heavy atom. The van der Waals surface area contributed by atoms with E-state index in [1.807, 2.05) is 0 Å². The van der Waals surface area contributed by atoms with Gasteiger partial charge >= 0.3 is 130 Å². The summed E-state index contributed by atoms with van der Waals surface area (Å²) in [5, 5.41) is 0.